The molecule has 0 atom stereocenters. The number of hydrogen-bond donors (Lipinski definition) is 0. The van der Waals surface area contributed by atoms with Crippen molar-refractivity contribution in [1.82, 2.24) is 0 Å². The van der Waals surface area contributed by atoms with Crippen LogP contribution in [0.4, 0.5) is 0 Å². The second-order valence-corrected chi connectivity index (χ2v) is 4.45. The second kappa shape index (κ2) is 5.46. The SMILES string of the molecule is C=C(Cl)CCCc1cccc(Br)c1. The summed E-state index contributed by atoms with van der Waals surface area (Å²) < 4.78 is 1.13. The van der Waals surface area contributed by atoms with Crippen LogP contribution in [-0.4, -0.2) is 0 Å². The van der Waals surface area contributed by atoms with Crippen molar-refractivity contribution in [3.8, 4) is 0 Å². The van der Waals surface area contributed by atoms with E-state index in [1.54, 1.807) is 0 Å². The smallest absolute Gasteiger partial charge is 0.0177 e. The third-order valence-electron chi connectivity index (χ3n) is 1.80. The molecule has 0 aliphatic heterocycles. The van der Waals surface area contributed by atoms with E-state index in [0.29, 0.717) is 0 Å². The van der Waals surface area contributed by atoms with Gasteiger partial charge in [-0.15, -0.1) is 0 Å². The summed E-state index contributed by atoms with van der Waals surface area (Å²) >= 11 is 9.11. The fraction of sp³-hybridized carbons (Fsp3) is 0.273. The molecule has 0 bridgehead atoms. The summed E-state index contributed by atoms with van der Waals surface area (Å²) in [6, 6.07) is 8.34. The molecule has 0 amide bonds. The Bertz CT molecular complexity index is 294. The van der Waals surface area contributed by atoms with Gasteiger partial charge >= 0.3 is 0 Å². The molecule has 0 radical (unpaired) electrons. The zero-order chi connectivity index (χ0) is 9.68. The maximum Gasteiger partial charge on any atom is 0.0177 e. The summed E-state index contributed by atoms with van der Waals surface area (Å²) in [4.78, 5) is 0. The van der Waals surface area contributed by atoms with Crippen molar-refractivity contribution in [1.29, 1.82) is 0 Å². The van der Waals surface area contributed by atoms with Crippen LogP contribution < -0.4 is 0 Å². The van der Waals surface area contributed by atoms with Gasteiger partial charge in [-0.25, -0.2) is 0 Å². The van der Waals surface area contributed by atoms with Gasteiger partial charge in [0.1, 0.15) is 0 Å². The van der Waals surface area contributed by atoms with Gasteiger partial charge < -0.3 is 0 Å². The number of allylic oxidation sites excluding steroid dienone is 1. The highest BCUT2D eigenvalue weighted by Crippen LogP contribution is 2.15. The monoisotopic (exact) mass is 258 g/mol. The maximum atomic E-state index is 5.67. The highest BCUT2D eigenvalue weighted by atomic mass is 79.9. The van der Waals surface area contributed by atoms with Gasteiger partial charge in [0.15, 0.2) is 0 Å². The molecule has 0 saturated heterocycles. The Labute approximate surface area is 92.7 Å². The van der Waals surface area contributed by atoms with Gasteiger partial charge in [0.05, 0.1) is 0 Å². The summed E-state index contributed by atoms with van der Waals surface area (Å²) in [5, 5.41) is 0.745. The summed E-state index contributed by atoms with van der Waals surface area (Å²) in [6.07, 6.45) is 3.03. The average Bonchev–Trinajstić information content (AvgIpc) is 2.03. The first kappa shape index (κ1) is 10.8. The Morgan fingerprint density at radius 1 is 1.46 bits per heavy atom. The lowest BCUT2D eigenvalue weighted by Crippen LogP contribution is -1.84. The summed E-state index contributed by atoms with van der Waals surface area (Å²) in [5.74, 6) is 0. The molecule has 1 aromatic carbocycles. The Balaban J connectivity index is 2.41. The number of hydrogen-bond acceptors (Lipinski definition) is 0. The molecule has 0 heterocycles. The van der Waals surface area contributed by atoms with Crippen LogP contribution in [0.3, 0.4) is 0 Å². The molecular weight excluding hydrogens is 247 g/mol. The standard InChI is InChI=1S/C11H12BrCl/c1-9(13)4-2-5-10-6-3-7-11(12)8-10/h3,6-8H,1-2,4-5H2. The van der Waals surface area contributed by atoms with Gasteiger partial charge in [0.2, 0.25) is 0 Å². The Morgan fingerprint density at radius 2 is 2.23 bits per heavy atom. The first-order chi connectivity index (χ1) is 6.18. The van der Waals surface area contributed by atoms with Gasteiger partial charge in [-0.1, -0.05) is 46.2 Å². The van der Waals surface area contributed by atoms with Gasteiger partial charge in [0, 0.05) is 9.51 Å². The zero-order valence-electron chi connectivity index (χ0n) is 7.39. The fourth-order valence-electron chi connectivity index (χ4n) is 1.18. The Hall–Kier alpha value is -0.270. The quantitative estimate of drug-likeness (QED) is 0.745. The minimum atomic E-state index is 0.745. The molecule has 0 aromatic heterocycles. The summed E-state index contributed by atoms with van der Waals surface area (Å²) in [5.41, 5.74) is 1.34. The van der Waals surface area contributed by atoms with Gasteiger partial charge in [-0.3, -0.25) is 0 Å². The lowest BCUT2D eigenvalue weighted by Gasteiger charge is -2.00. The molecule has 13 heavy (non-hydrogen) atoms. The van der Waals surface area contributed by atoms with Crippen LogP contribution in [0.15, 0.2) is 40.3 Å². The highest BCUT2D eigenvalue weighted by Gasteiger charge is 1.95. The lowest BCUT2D eigenvalue weighted by atomic mass is 10.1. The van der Waals surface area contributed by atoms with E-state index in [-0.39, 0.29) is 0 Å². The lowest BCUT2D eigenvalue weighted by molar-refractivity contribution is 0.835. The molecule has 0 N–H and O–H groups in total. The van der Waals surface area contributed by atoms with E-state index in [9.17, 15) is 0 Å². The molecule has 1 aromatic rings. The first-order valence-electron chi connectivity index (χ1n) is 4.26. The molecule has 1 rings (SSSR count). The fourth-order valence-corrected chi connectivity index (χ4v) is 1.76. The molecule has 70 valence electrons. The van der Waals surface area contributed by atoms with E-state index < -0.39 is 0 Å². The molecule has 0 unspecified atom stereocenters. The highest BCUT2D eigenvalue weighted by molar-refractivity contribution is 9.10. The third-order valence-corrected chi connectivity index (χ3v) is 2.48. The van der Waals surface area contributed by atoms with Gasteiger partial charge in [0.25, 0.3) is 0 Å². The van der Waals surface area contributed by atoms with Crippen molar-refractivity contribution in [2.45, 2.75) is 19.3 Å². The van der Waals surface area contributed by atoms with Crippen molar-refractivity contribution >= 4 is 27.5 Å². The van der Waals surface area contributed by atoms with Crippen LogP contribution in [0.1, 0.15) is 18.4 Å². The van der Waals surface area contributed by atoms with Crippen LogP contribution in [0.25, 0.3) is 0 Å². The van der Waals surface area contributed by atoms with E-state index >= 15 is 0 Å². The van der Waals surface area contributed by atoms with Crippen LogP contribution in [0.2, 0.25) is 0 Å². The molecule has 0 fully saturated rings. The van der Waals surface area contributed by atoms with E-state index in [4.69, 9.17) is 11.6 Å². The molecule has 0 nitrogen and oxygen atoms in total. The number of aryl methyl sites for hydroxylation is 1. The minimum Gasteiger partial charge on any atom is -0.0898 e. The Kier molecular flexibility index (Phi) is 4.54. The molecule has 0 aliphatic rings. The van der Waals surface area contributed by atoms with Crippen molar-refractivity contribution in [3.63, 3.8) is 0 Å². The number of halogens is 2. The molecule has 2 heteroatoms. The predicted octanol–water partition coefficient (Wildman–Crippen LogP) is 4.52. The van der Waals surface area contributed by atoms with Crippen molar-refractivity contribution in [2.75, 3.05) is 0 Å². The van der Waals surface area contributed by atoms with Crippen LogP contribution >= 0.6 is 27.5 Å². The minimum absolute atomic E-state index is 0.745. The summed E-state index contributed by atoms with van der Waals surface area (Å²) in [6.45, 7) is 3.66. The van der Waals surface area contributed by atoms with Crippen molar-refractivity contribution in [2.24, 2.45) is 0 Å². The first-order valence-corrected chi connectivity index (χ1v) is 5.43. The largest absolute Gasteiger partial charge is 0.0898 e. The summed E-state index contributed by atoms with van der Waals surface area (Å²) in [7, 11) is 0. The van der Waals surface area contributed by atoms with Gasteiger partial charge in [-0.2, -0.15) is 0 Å². The van der Waals surface area contributed by atoms with Crippen molar-refractivity contribution in [3.05, 3.63) is 45.9 Å². The molecular formula is C11H12BrCl. The van der Waals surface area contributed by atoms with E-state index in [0.717, 1.165) is 28.8 Å². The van der Waals surface area contributed by atoms with Crippen LogP contribution in [0, 0.1) is 0 Å². The van der Waals surface area contributed by atoms with Crippen molar-refractivity contribution < 1.29 is 0 Å². The molecule has 0 spiro atoms. The second-order valence-electron chi connectivity index (χ2n) is 3.00. The van der Waals surface area contributed by atoms with Gasteiger partial charge in [-0.05, 0) is 37.0 Å². The average molecular weight is 260 g/mol. The van der Waals surface area contributed by atoms with E-state index in [1.165, 1.54) is 5.56 Å². The van der Waals surface area contributed by atoms with Crippen LogP contribution in [-0.2, 0) is 6.42 Å². The maximum absolute atomic E-state index is 5.67. The molecule has 0 aliphatic carbocycles. The molecule has 0 saturated carbocycles. The zero-order valence-corrected chi connectivity index (χ0v) is 9.74. The van der Waals surface area contributed by atoms with Crippen LogP contribution in [0.5, 0.6) is 0 Å². The predicted molar refractivity (Wildman–Crippen MR) is 62.1 cm³/mol. The Morgan fingerprint density at radius 3 is 2.85 bits per heavy atom. The number of benzene rings is 1. The number of rotatable bonds is 4. The topological polar surface area (TPSA) is 0 Å². The van der Waals surface area contributed by atoms with E-state index in [2.05, 4.69) is 40.7 Å². The third kappa shape index (κ3) is 4.49. The normalized spacial score (nSPS) is 10.0. The van der Waals surface area contributed by atoms with E-state index in [1.807, 2.05) is 6.07 Å².